The van der Waals surface area contributed by atoms with Gasteiger partial charge in [0.2, 0.25) is 5.91 Å². The molecule has 0 spiro atoms. The quantitative estimate of drug-likeness (QED) is 0.737. The highest BCUT2D eigenvalue weighted by Gasteiger charge is 2.26. The van der Waals surface area contributed by atoms with Crippen molar-refractivity contribution >= 4 is 11.8 Å². The molecule has 2 amide bonds. The Hall–Kier alpha value is -1.76. The van der Waals surface area contributed by atoms with Crippen molar-refractivity contribution < 1.29 is 9.59 Å². The Balaban J connectivity index is 1.95. The summed E-state index contributed by atoms with van der Waals surface area (Å²) >= 11 is 0. The van der Waals surface area contributed by atoms with Crippen molar-refractivity contribution in [1.82, 2.24) is 25.2 Å². The first-order valence-corrected chi connectivity index (χ1v) is 5.57. The van der Waals surface area contributed by atoms with Gasteiger partial charge in [0.1, 0.15) is 6.54 Å². The van der Waals surface area contributed by atoms with Crippen LogP contribution in [-0.4, -0.2) is 45.3 Å². The third kappa shape index (κ3) is 2.68. The second-order valence-corrected chi connectivity index (χ2v) is 3.98. The van der Waals surface area contributed by atoms with Gasteiger partial charge in [-0.25, -0.2) is 4.68 Å². The van der Waals surface area contributed by atoms with Crippen LogP contribution in [0.4, 0.5) is 0 Å². The monoisotopic (exact) mass is 237 g/mol. The normalized spacial score (nSPS) is 15.6. The molecular weight excluding hydrogens is 222 g/mol. The van der Waals surface area contributed by atoms with Crippen molar-refractivity contribution in [2.75, 3.05) is 13.6 Å². The average Bonchev–Trinajstić information content (AvgIpc) is 2.88. The van der Waals surface area contributed by atoms with Gasteiger partial charge in [-0.15, -0.1) is 5.10 Å². The Kier molecular flexibility index (Phi) is 3.48. The Bertz CT molecular complexity index is 428. The Morgan fingerprint density at radius 3 is 3.06 bits per heavy atom. The van der Waals surface area contributed by atoms with Gasteiger partial charge in [0.15, 0.2) is 0 Å². The third-order valence-electron chi connectivity index (χ3n) is 2.62. The van der Waals surface area contributed by atoms with E-state index >= 15 is 0 Å². The Morgan fingerprint density at radius 1 is 1.59 bits per heavy atom. The molecule has 2 heterocycles. The van der Waals surface area contributed by atoms with Crippen molar-refractivity contribution in [3.8, 4) is 0 Å². The Labute approximate surface area is 98.8 Å². The molecule has 0 aromatic carbocycles. The smallest absolute Gasteiger partial charge is 0.250 e. The van der Waals surface area contributed by atoms with Crippen LogP contribution in [0, 0.1) is 0 Å². The van der Waals surface area contributed by atoms with E-state index in [1.54, 1.807) is 6.20 Å². The fraction of sp³-hybridized carbons (Fsp3) is 0.600. The molecule has 0 bridgehead atoms. The van der Waals surface area contributed by atoms with Crippen LogP contribution in [0.2, 0.25) is 0 Å². The van der Waals surface area contributed by atoms with E-state index in [0.29, 0.717) is 19.5 Å². The van der Waals surface area contributed by atoms with Gasteiger partial charge in [-0.1, -0.05) is 5.21 Å². The minimum Gasteiger partial charge on any atom is -0.314 e. The van der Waals surface area contributed by atoms with Crippen molar-refractivity contribution in [2.24, 2.45) is 0 Å². The lowest BCUT2D eigenvalue weighted by molar-refractivity contribution is -0.142. The van der Waals surface area contributed by atoms with Crippen molar-refractivity contribution in [2.45, 2.75) is 25.9 Å². The zero-order valence-corrected chi connectivity index (χ0v) is 9.72. The molecule has 1 fully saturated rings. The number of nitrogens with one attached hydrogen (secondary N) is 1. The second kappa shape index (κ2) is 5.05. The number of rotatable bonds is 4. The number of hydrogen-bond acceptors (Lipinski definition) is 5. The summed E-state index contributed by atoms with van der Waals surface area (Å²) in [4.78, 5) is 24.4. The van der Waals surface area contributed by atoms with Crippen LogP contribution in [-0.2, 0) is 22.7 Å². The lowest BCUT2D eigenvalue weighted by atomic mass is 10.4. The molecule has 2 rings (SSSR count). The molecule has 1 aliphatic heterocycles. The van der Waals surface area contributed by atoms with E-state index in [-0.39, 0.29) is 18.4 Å². The largest absolute Gasteiger partial charge is 0.314 e. The highest BCUT2D eigenvalue weighted by atomic mass is 16.2. The zero-order chi connectivity index (χ0) is 12.3. The van der Waals surface area contributed by atoms with E-state index in [1.807, 2.05) is 7.05 Å². The number of hydrogen-bond donors (Lipinski definition) is 1. The van der Waals surface area contributed by atoms with Gasteiger partial charge in [0.25, 0.3) is 5.91 Å². The maximum atomic E-state index is 11.8. The summed E-state index contributed by atoms with van der Waals surface area (Å²) in [7, 11) is 1.81. The molecule has 0 unspecified atom stereocenters. The number of nitrogens with zero attached hydrogens (tertiary/aromatic N) is 4. The summed E-state index contributed by atoms with van der Waals surface area (Å²) in [6, 6.07) is 0. The minimum atomic E-state index is -0.214. The fourth-order valence-electron chi connectivity index (χ4n) is 1.81. The van der Waals surface area contributed by atoms with E-state index in [1.165, 1.54) is 9.58 Å². The number of aromatic nitrogens is 3. The van der Waals surface area contributed by atoms with Gasteiger partial charge in [-0.3, -0.25) is 14.5 Å². The molecule has 0 saturated carbocycles. The first-order valence-electron chi connectivity index (χ1n) is 5.57. The number of carbonyl (C=O) groups is 2. The van der Waals surface area contributed by atoms with Gasteiger partial charge in [0, 0.05) is 19.5 Å². The molecule has 0 radical (unpaired) electrons. The predicted octanol–water partition coefficient (Wildman–Crippen LogP) is -0.853. The highest BCUT2D eigenvalue weighted by molar-refractivity contribution is 5.96. The highest BCUT2D eigenvalue weighted by Crippen LogP contribution is 2.10. The summed E-state index contributed by atoms with van der Waals surface area (Å²) in [6.45, 7) is 1.20. The lowest BCUT2D eigenvalue weighted by Gasteiger charge is -2.12. The van der Waals surface area contributed by atoms with E-state index in [4.69, 9.17) is 0 Å². The summed E-state index contributed by atoms with van der Waals surface area (Å²) in [5.41, 5.74) is 0.771. The van der Waals surface area contributed by atoms with Crippen LogP contribution in [0.3, 0.4) is 0 Å². The van der Waals surface area contributed by atoms with Gasteiger partial charge >= 0.3 is 0 Å². The van der Waals surface area contributed by atoms with Gasteiger partial charge in [-0.05, 0) is 13.5 Å². The minimum absolute atomic E-state index is 0.0719. The predicted molar refractivity (Wildman–Crippen MR) is 58.7 cm³/mol. The zero-order valence-electron chi connectivity index (χ0n) is 9.72. The molecule has 92 valence electrons. The standard InChI is InChI=1S/C10H15N5O2/c1-11-5-8-6-14(13-12-8)7-10(17)15-4-2-3-9(15)16/h6,11H,2-5,7H2,1H3. The van der Waals surface area contributed by atoms with Crippen molar-refractivity contribution in [1.29, 1.82) is 0 Å². The average molecular weight is 237 g/mol. The molecule has 0 aliphatic carbocycles. The van der Waals surface area contributed by atoms with Crippen LogP contribution in [0.25, 0.3) is 0 Å². The van der Waals surface area contributed by atoms with E-state index in [9.17, 15) is 9.59 Å². The summed E-state index contributed by atoms with van der Waals surface area (Å²) in [6.07, 6.45) is 2.93. The topological polar surface area (TPSA) is 80.1 Å². The van der Waals surface area contributed by atoms with E-state index < -0.39 is 0 Å². The summed E-state index contributed by atoms with van der Waals surface area (Å²) < 4.78 is 1.46. The fourth-order valence-corrected chi connectivity index (χ4v) is 1.81. The second-order valence-electron chi connectivity index (χ2n) is 3.98. The van der Waals surface area contributed by atoms with Crippen LogP contribution in [0.15, 0.2) is 6.20 Å². The molecule has 1 saturated heterocycles. The number of imide groups is 1. The van der Waals surface area contributed by atoms with Gasteiger partial charge in [0.05, 0.1) is 11.9 Å². The van der Waals surface area contributed by atoms with Crippen LogP contribution in [0.5, 0.6) is 0 Å². The SMILES string of the molecule is CNCc1cn(CC(=O)N2CCCC2=O)nn1. The van der Waals surface area contributed by atoms with Gasteiger partial charge < -0.3 is 5.32 Å². The van der Waals surface area contributed by atoms with E-state index in [2.05, 4.69) is 15.6 Å². The summed E-state index contributed by atoms with van der Waals surface area (Å²) in [5, 5.41) is 10.7. The number of amides is 2. The van der Waals surface area contributed by atoms with Crippen molar-refractivity contribution in [3.63, 3.8) is 0 Å². The molecule has 7 nitrogen and oxygen atoms in total. The first-order chi connectivity index (χ1) is 8.20. The number of likely N-dealkylation sites (tertiary alicyclic amines) is 1. The molecule has 0 atom stereocenters. The molecule has 1 aromatic heterocycles. The molecular formula is C10H15N5O2. The molecule has 17 heavy (non-hydrogen) atoms. The Morgan fingerprint density at radius 2 is 2.41 bits per heavy atom. The number of carbonyl (C=O) groups excluding carboxylic acids is 2. The summed E-state index contributed by atoms with van der Waals surface area (Å²) in [5.74, 6) is -0.307. The maximum Gasteiger partial charge on any atom is 0.250 e. The van der Waals surface area contributed by atoms with Crippen LogP contribution >= 0.6 is 0 Å². The molecule has 7 heteroatoms. The molecule has 1 N–H and O–H groups in total. The third-order valence-corrected chi connectivity index (χ3v) is 2.62. The van der Waals surface area contributed by atoms with Crippen LogP contribution < -0.4 is 5.32 Å². The molecule has 1 aromatic rings. The lowest BCUT2D eigenvalue weighted by Crippen LogP contribution is -2.34. The first kappa shape index (κ1) is 11.7. The van der Waals surface area contributed by atoms with E-state index in [0.717, 1.165) is 12.1 Å². The maximum absolute atomic E-state index is 11.8. The van der Waals surface area contributed by atoms with Gasteiger partial charge in [-0.2, -0.15) is 0 Å². The van der Waals surface area contributed by atoms with Crippen LogP contribution in [0.1, 0.15) is 18.5 Å². The molecule has 1 aliphatic rings. The van der Waals surface area contributed by atoms with Crippen molar-refractivity contribution in [3.05, 3.63) is 11.9 Å².